The lowest BCUT2D eigenvalue weighted by Crippen LogP contribution is -2.19. The van der Waals surface area contributed by atoms with Gasteiger partial charge in [0.25, 0.3) is 0 Å². The second-order valence-electron chi connectivity index (χ2n) is 5.14. The van der Waals surface area contributed by atoms with Crippen LogP contribution in [0.4, 0.5) is 0 Å². The van der Waals surface area contributed by atoms with Crippen LogP contribution in [0.2, 0.25) is 0 Å². The van der Waals surface area contributed by atoms with Crippen molar-refractivity contribution in [3.05, 3.63) is 16.7 Å². The third-order valence-electron chi connectivity index (χ3n) is 4.06. The third kappa shape index (κ3) is 2.57. The van der Waals surface area contributed by atoms with Crippen LogP contribution in [0.1, 0.15) is 44.7 Å². The zero-order chi connectivity index (χ0) is 11.5. The zero-order valence-corrected chi connectivity index (χ0v) is 11.1. The summed E-state index contributed by atoms with van der Waals surface area (Å²) in [6.45, 7) is 5.56. The van der Waals surface area contributed by atoms with Crippen LogP contribution in [0.15, 0.2) is 6.20 Å². The molecule has 0 amide bonds. The quantitative estimate of drug-likeness (QED) is 0.787. The first-order chi connectivity index (χ1) is 7.70. The first-order valence-electron chi connectivity index (χ1n) is 6.45. The molecule has 0 radical (unpaired) electrons. The van der Waals surface area contributed by atoms with E-state index < -0.39 is 0 Å². The second kappa shape index (κ2) is 5.17. The number of H-pyrrole nitrogens is 1. The number of aromatic nitrogens is 2. The molecule has 0 aromatic carbocycles. The van der Waals surface area contributed by atoms with Crippen LogP contribution < -0.4 is 0 Å². The Labute approximate surface area is 103 Å². The Morgan fingerprint density at radius 3 is 2.44 bits per heavy atom. The minimum atomic E-state index is 0.837. The highest BCUT2D eigenvalue weighted by Gasteiger charge is 2.20. The summed E-state index contributed by atoms with van der Waals surface area (Å²) in [5.74, 6) is 1.82. The first kappa shape index (κ1) is 11.9. The second-order valence-corrected chi connectivity index (χ2v) is 5.53. The molecule has 0 atom stereocenters. The predicted octanol–water partition coefficient (Wildman–Crippen LogP) is 4.07. The molecule has 1 fully saturated rings. The first-order valence-corrected chi connectivity index (χ1v) is 6.86. The summed E-state index contributed by atoms with van der Waals surface area (Å²) < 4.78 is 3.14. The number of nitrogens with one attached hydrogen (secondary N) is 1. The van der Waals surface area contributed by atoms with E-state index in [1.165, 1.54) is 37.8 Å². The molecule has 1 N–H and O–H groups in total. The molecule has 0 spiro atoms. The Morgan fingerprint density at radius 1 is 1.31 bits per heavy atom. The number of hydrogen-bond donors (Lipinski definition) is 1. The fraction of sp³-hybridized carbons (Fsp3) is 0.769. The van der Waals surface area contributed by atoms with Crippen LogP contribution >= 0.6 is 12.2 Å². The van der Waals surface area contributed by atoms with E-state index in [0.717, 1.165) is 23.2 Å². The average Bonchev–Trinajstić information content (AvgIpc) is 2.62. The molecule has 0 bridgehead atoms. The van der Waals surface area contributed by atoms with E-state index in [1.807, 2.05) is 6.20 Å². The number of aryl methyl sites for hydroxylation is 1. The van der Waals surface area contributed by atoms with Gasteiger partial charge in [0.1, 0.15) is 0 Å². The van der Waals surface area contributed by atoms with Crippen molar-refractivity contribution in [3.8, 4) is 0 Å². The zero-order valence-electron chi connectivity index (χ0n) is 10.3. The van der Waals surface area contributed by atoms with E-state index in [1.54, 1.807) is 0 Å². The summed E-state index contributed by atoms with van der Waals surface area (Å²) in [5, 5.41) is 0. The van der Waals surface area contributed by atoms with Crippen LogP contribution in [0.3, 0.4) is 0 Å². The molecule has 0 saturated heterocycles. The molecule has 1 aromatic heterocycles. The van der Waals surface area contributed by atoms with Crippen LogP contribution in [-0.2, 0) is 6.54 Å². The molecule has 1 saturated carbocycles. The van der Waals surface area contributed by atoms with Gasteiger partial charge in [-0.15, -0.1) is 0 Å². The molecule has 1 aromatic rings. The van der Waals surface area contributed by atoms with Crippen molar-refractivity contribution in [1.82, 2.24) is 9.55 Å². The van der Waals surface area contributed by atoms with Gasteiger partial charge in [-0.25, -0.2) is 0 Å². The lowest BCUT2D eigenvalue weighted by molar-refractivity contribution is 0.246. The van der Waals surface area contributed by atoms with Gasteiger partial charge in [-0.05, 0) is 43.8 Å². The van der Waals surface area contributed by atoms with E-state index in [9.17, 15) is 0 Å². The number of nitrogens with zero attached hydrogens (tertiary/aromatic N) is 1. The van der Waals surface area contributed by atoms with Gasteiger partial charge >= 0.3 is 0 Å². The summed E-state index contributed by atoms with van der Waals surface area (Å²) in [6, 6.07) is 0. The molecule has 1 heterocycles. The lowest BCUT2D eigenvalue weighted by atomic mass is 9.81. The topological polar surface area (TPSA) is 20.7 Å². The number of hydrogen-bond acceptors (Lipinski definition) is 1. The van der Waals surface area contributed by atoms with Gasteiger partial charge in [-0.3, -0.25) is 0 Å². The van der Waals surface area contributed by atoms with Gasteiger partial charge in [0, 0.05) is 18.4 Å². The van der Waals surface area contributed by atoms with Gasteiger partial charge in [0.05, 0.1) is 0 Å². The molecule has 16 heavy (non-hydrogen) atoms. The highest BCUT2D eigenvalue weighted by atomic mass is 32.1. The van der Waals surface area contributed by atoms with Crippen LogP contribution in [0, 0.1) is 23.5 Å². The maximum atomic E-state index is 5.29. The highest BCUT2D eigenvalue weighted by Crippen LogP contribution is 2.31. The van der Waals surface area contributed by atoms with Gasteiger partial charge in [0.15, 0.2) is 4.77 Å². The lowest BCUT2D eigenvalue weighted by Gasteiger charge is -2.28. The van der Waals surface area contributed by atoms with Crippen molar-refractivity contribution in [3.63, 3.8) is 0 Å². The van der Waals surface area contributed by atoms with E-state index in [-0.39, 0.29) is 0 Å². The summed E-state index contributed by atoms with van der Waals surface area (Å²) in [4.78, 5) is 3.12. The van der Waals surface area contributed by atoms with E-state index in [4.69, 9.17) is 12.2 Å². The van der Waals surface area contributed by atoms with Crippen LogP contribution in [0.5, 0.6) is 0 Å². The average molecular weight is 238 g/mol. The summed E-state index contributed by atoms with van der Waals surface area (Å²) in [6.07, 6.45) is 8.96. The van der Waals surface area contributed by atoms with Gasteiger partial charge in [-0.1, -0.05) is 26.2 Å². The van der Waals surface area contributed by atoms with Gasteiger partial charge in [0.2, 0.25) is 0 Å². The number of rotatable bonds is 3. The van der Waals surface area contributed by atoms with Crippen molar-refractivity contribution < 1.29 is 0 Å². The van der Waals surface area contributed by atoms with Gasteiger partial charge < -0.3 is 9.55 Å². The predicted molar refractivity (Wildman–Crippen MR) is 70.1 cm³/mol. The van der Waals surface area contributed by atoms with E-state index >= 15 is 0 Å². The highest BCUT2D eigenvalue weighted by molar-refractivity contribution is 7.71. The summed E-state index contributed by atoms with van der Waals surface area (Å²) >= 11 is 5.29. The molecule has 2 rings (SSSR count). The smallest absolute Gasteiger partial charge is 0.177 e. The maximum absolute atomic E-state index is 5.29. The maximum Gasteiger partial charge on any atom is 0.177 e. The van der Waals surface area contributed by atoms with Crippen LogP contribution in [-0.4, -0.2) is 9.55 Å². The third-order valence-corrected chi connectivity index (χ3v) is 4.40. The van der Waals surface area contributed by atoms with Crippen molar-refractivity contribution in [1.29, 1.82) is 0 Å². The minimum Gasteiger partial charge on any atom is -0.337 e. The molecule has 0 unspecified atom stereocenters. The Bertz CT molecular complexity index is 383. The fourth-order valence-electron chi connectivity index (χ4n) is 2.79. The molecule has 1 aliphatic rings. The van der Waals surface area contributed by atoms with Crippen molar-refractivity contribution in [2.45, 2.75) is 52.5 Å². The molecule has 3 heteroatoms. The summed E-state index contributed by atoms with van der Waals surface area (Å²) in [5.41, 5.74) is 1.27. The van der Waals surface area contributed by atoms with Crippen molar-refractivity contribution in [2.75, 3.05) is 0 Å². The largest absolute Gasteiger partial charge is 0.337 e. The standard InChI is InChI=1S/C13H22N2S/c1-3-11-4-6-12(7-5-11)9-15-10(2)8-14-13(15)16/h8,11-12H,3-7,9H2,1-2H3,(H,14,16). The number of aromatic amines is 1. The Balaban J connectivity index is 1.94. The summed E-state index contributed by atoms with van der Waals surface area (Å²) in [7, 11) is 0. The van der Waals surface area contributed by atoms with Crippen molar-refractivity contribution in [2.24, 2.45) is 11.8 Å². The van der Waals surface area contributed by atoms with Crippen molar-refractivity contribution >= 4 is 12.2 Å². The molecule has 2 nitrogen and oxygen atoms in total. The molecule has 1 aliphatic carbocycles. The monoisotopic (exact) mass is 238 g/mol. The Kier molecular flexibility index (Phi) is 3.85. The molecule has 0 aliphatic heterocycles. The van der Waals surface area contributed by atoms with E-state index in [0.29, 0.717) is 0 Å². The number of imidazole rings is 1. The molecule has 90 valence electrons. The van der Waals surface area contributed by atoms with E-state index in [2.05, 4.69) is 23.4 Å². The SMILES string of the molecule is CCC1CCC(Cn2c(C)c[nH]c2=S)CC1. The fourth-order valence-corrected chi connectivity index (χ4v) is 3.07. The molecular formula is C13H22N2S. The Morgan fingerprint density at radius 2 is 1.94 bits per heavy atom. The van der Waals surface area contributed by atoms with Gasteiger partial charge in [-0.2, -0.15) is 0 Å². The van der Waals surface area contributed by atoms with Crippen LogP contribution in [0.25, 0.3) is 0 Å². The molecular weight excluding hydrogens is 216 g/mol. The normalized spacial score (nSPS) is 25.9. The Hall–Kier alpha value is -0.570. The minimum absolute atomic E-state index is 0.837.